The molecule has 0 spiro atoms. The van der Waals surface area contributed by atoms with Gasteiger partial charge in [-0.15, -0.1) is 0 Å². The first kappa shape index (κ1) is 30.3. The summed E-state index contributed by atoms with van der Waals surface area (Å²) in [5.41, 5.74) is 19.7. The Morgan fingerprint density at radius 3 is 2.30 bits per heavy atom. The smallest absolute Gasteiger partial charge is 0.0496 e. The third-order valence-electron chi connectivity index (χ3n) is 7.25. The topological polar surface area (TPSA) is 119 Å². The third kappa shape index (κ3) is 7.53. The highest BCUT2D eigenvalue weighted by Gasteiger charge is 2.23. The van der Waals surface area contributed by atoms with Crippen molar-refractivity contribution in [2.75, 3.05) is 26.7 Å². The molecule has 0 amide bonds. The minimum Gasteiger partial charge on any atom is -0.402 e. The summed E-state index contributed by atoms with van der Waals surface area (Å²) in [6.07, 6.45) is 9.10. The van der Waals surface area contributed by atoms with Crippen LogP contribution in [0.3, 0.4) is 0 Å². The van der Waals surface area contributed by atoms with Crippen molar-refractivity contribution in [3.05, 3.63) is 64.5 Å². The molecule has 1 aliphatic heterocycles. The van der Waals surface area contributed by atoms with Gasteiger partial charge in [0.2, 0.25) is 0 Å². The summed E-state index contributed by atoms with van der Waals surface area (Å²) in [4.78, 5) is 6.12. The number of allylic oxidation sites excluding steroid dienone is 5. The molecular formula is C31H48N6. The molecular weight excluding hydrogens is 456 g/mol. The number of nitrogens with zero attached hydrogens (tertiary/aromatic N) is 1. The zero-order valence-corrected chi connectivity index (χ0v) is 24.0. The summed E-state index contributed by atoms with van der Waals surface area (Å²) in [6.45, 7) is 15.2. The normalized spacial score (nSPS) is 16.2. The number of H-pyrrole nitrogens is 1. The van der Waals surface area contributed by atoms with Crippen LogP contribution in [-0.2, 0) is 0 Å². The molecule has 0 aliphatic carbocycles. The number of piperidine rings is 1. The fourth-order valence-corrected chi connectivity index (χ4v) is 5.13. The minimum atomic E-state index is 0.388. The van der Waals surface area contributed by atoms with Gasteiger partial charge in [-0.3, -0.25) is 4.90 Å². The minimum absolute atomic E-state index is 0.388. The van der Waals surface area contributed by atoms with Gasteiger partial charge in [-0.25, -0.2) is 0 Å². The van der Waals surface area contributed by atoms with E-state index in [2.05, 4.69) is 66.7 Å². The number of benzene rings is 1. The maximum absolute atomic E-state index is 8.02. The molecule has 1 aliphatic rings. The van der Waals surface area contributed by atoms with Gasteiger partial charge in [0.1, 0.15) is 0 Å². The Bertz CT molecular complexity index is 1170. The number of rotatable bonds is 9. The van der Waals surface area contributed by atoms with Crippen LogP contribution in [0.15, 0.2) is 47.7 Å². The van der Waals surface area contributed by atoms with Crippen LogP contribution in [0.5, 0.6) is 0 Å². The van der Waals surface area contributed by atoms with Crippen molar-refractivity contribution in [3.8, 4) is 0 Å². The van der Waals surface area contributed by atoms with Crippen molar-refractivity contribution in [2.45, 2.75) is 72.6 Å². The molecule has 3 rings (SSSR count). The maximum atomic E-state index is 8.02. The van der Waals surface area contributed by atoms with Crippen LogP contribution in [-0.4, -0.2) is 48.0 Å². The van der Waals surface area contributed by atoms with Crippen molar-refractivity contribution in [1.82, 2.24) is 9.88 Å². The molecule has 0 unspecified atom stereocenters. The van der Waals surface area contributed by atoms with Crippen molar-refractivity contribution in [2.24, 2.45) is 11.5 Å². The van der Waals surface area contributed by atoms with E-state index in [1.165, 1.54) is 34.8 Å². The van der Waals surface area contributed by atoms with Gasteiger partial charge in [-0.2, -0.15) is 0 Å². The monoisotopic (exact) mass is 504 g/mol. The Morgan fingerprint density at radius 2 is 1.78 bits per heavy atom. The van der Waals surface area contributed by atoms with E-state index >= 15 is 0 Å². The first-order valence-corrected chi connectivity index (χ1v) is 13.5. The quantitative estimate of drug-likeness (QED) is 0.193. The van der Waals surface area contributed by atoms with Gasteiger partial charge in [-0.1, -0.05) is 39.0 Å². The summed E-state index contributed by atoms with van der Waals surface area (Å²) in [7, 11) is 1.50. The lowest BCUT2D eigenvalue weighted by Crippen LogP contribution is -2.36. The molecule has 7 N–H and O–H groups in total. The fraction of sp³-hybridized carbons (Fsp3) is 0.484. The van der Waals surface area contributed by atoms with Crippen molar-refractivity contribution >= 4 is 27.9 Å². The molecule has 0 atom stereocenters. The Labute approximate surface area is 223 Å². The lowest BCUT2D eigenvalue weighted by atomic mass is 9.87. The van der Waals surface area contributed by atoms with E-state index in [0.717, 1.165) is 55.7 Å². The standard InChI is InChI=1S/C30H43N5.CH5N/c1-7-22(9-11-25(33)8-2)30-29(19(3)4)26-17-24(10-12-28(26)34-30)23-13-15-35(16-14-23)18-27(20(5)31)21(6)32;1-2/h7,9-12,17,19,23,31,33-34H,8,13-16,18,32H2,1-6H3;2H2,1H3/b11-9-,22-7+,27-21-,31-20?,33-25?;. The summed E-state index contributed by atoms with van der Waals surface area (Å²) < 4.78 is 0. The van der Waals surface area contributed by atoms with E-state index in [0.29, 0.717) is 23.3 Å². The number of hydrogen-bond acceptors (Lipinski definition) is 5. The van der Waals surface area contributed by atoms with Crippen LogP contribution in [0, 0.1) is 10.8 Å². The molecule has 37 heavy (non-hydrogen) atoms. The van der Waals surface area contributed by atoms with Crippen LogP contribution >= 0.6 is 0 Å². The zero-order valence-electron chi connectivity index (χ0n) is 24.0. The van der Waals surface area contributed by atoms with E-state index in [9.17, 15) is 0 Å². The number of hydrogen-bond donors (Lipinski definition) is 5. The number of fused-ring (bicyclic) bond motifs is 1. The second-order valence-corrected chi connectivity index (χ2v) is 10.2. The summed E-state index contributed by atoms with van der Waals surface area (Å²) in [5, 5.41) is 17.3. The molecule has 2 heterocycles. The SMILES string of the molecule is C/C=C(\C=C/C(=N)CC)c1[nH]c2ccc(C3CCN(C/C(C(C)=N)=C(\C)N)CC3)cc2c1C(C)C.CN. The summed E-state index contributed by atoms with van der Waals surface area (Å²) in [6, 6.07) is 6.95. The van der Waals surface area contributed by atoms with Crippen LogP contribution in [0.1, 0.15) is 89.5 Å². The molecule has 202 valence electrons. The van der Waals surface area contributed by atoms with E-state index in [1.807, 2.05) is 26.8 Å². The van der Waals surface area contributed by atoms with Crippen LogP contribution in [0.2, 0.25) is 0 Å². The zero-order chi connectivity index (χ0) is 27.7. The summed E-state index contributed by atoms with van der Waals surface area (Å²) in [5.74, 6) is 0.937. The number of aromatic amines is 1. The van der Waals surface area contributed by atoms with E-state index in [1.54, 1.807) is 0 Å². The average Bonchev–Trinajstić information content (AvgIpc) is 3.27. The van der Waals surface area contributed by atoms with E-state index in [-0.39, 0.29) is 0 Å². The lowest BCUT2D eigenvalue weighted by Gasteiger charge is -2.33. The largest absolute Gasteiger partial charge is 0.402 e. The highest BCUT2D eigenvalue weighted by Crippen LogP contribution is 2.37. The first-order chi connectivity index (χ1) is 17.7. The number of nitrogens with one attached hydrogen (secondary N) is 3. The maximum Gasteiger partial charge on any atom is 0.0496 e. The second kappa shape index (κ2) is 14.1. The van der Waals surface area contributed by atoms with Crippen LogP contribution < -0.4 is 11.5 Å². The molecule has 6 nitrogen and oxygen atoms in total. The Balaban J connectivity index is 0.00000235. The van der Waals surface area contributed by atoms with Crippen molar-refractivity contribution in [3.63, 3.8) is 0 Å². The van der Waals surface area contributed by atoms with Crippen molar-refractivity contribution < 1.29 is 0 Å². The predicted octanol–water partition coefficient (Wildman–Crippen LogP) is 6.71. The molecule has 2 aromatic rings. The van der Waals surface area contributed by atoms with Gasteiger partial charge in [-0.05, 0) is 107 Å². The lowest BCUT2D eigenvalue weighted by molar-refractivity contribution is 0.230. The van der Waals surface area contributed by atoms with Gasteiger partial charge in [0.05, 0.1) is 0 Å². The third-order valence-corrected chi connectivity index (χ3v) is 7.25. The Morgan fingerprint density at radius 1 is 1.14 bits per heavy atom. The predicted molar refractivity (Wildman–Crippen MR) is 162 cm³/mol. The number of likely N-dealkylation sites (tertiary alicyclic amines) is 1. The molecule has 6 heteroatoms. The van der Waals surface area contributed by atoms with Gasteiger partial charge in [0.15, 0.2) is 0 Å². The van der Waals surface area contributed by atoms with Crippen LogP contribution in [0.4, 0.5) is 0 Å². The fourth-order valence-electron chi connectivity index (χ4n) is 5.13. The molecule has 1 aromatic heterocycles. The van der Waals surface area contributed by atoms with Gasteiger partial charge in [0.25, 0.3) is 0 Å². The molecule has 1 saturated heterocycles. The molecule has 0 saturated carbocycles. The second-order valence-electron chi connectivity index (χ2n) is 10.2. The average molecular weight is 505 g/mol. The van der Waals surface area contributed by atoms with E-state index in [4.69, 9.17) is 16.6 Å². The molecule has 1 fully saturated rings. The molecule has 1 aromatic carbocycles. The highest BCUT2D eigenvalue weighted by molar-refractivity contribution is 5.97. The Hall–Kier alpha value is -2.96. The summed E-state index contributed by atoms with van der Waals surface area (Å²) >= 11 is 0. The highest BCUT2D eigenvalue weighted by atomic mass is 15.1. The van der Waals surface area contributed by atoms with E-state index < -0.39 is 0 Å². The molecule has 0 radical (unpaired) electrons. The Kier molecular flexibility index (Phi) is 11.5. The van der Waals surface area contributed by atoms with Crippen LogP contribution in [0.25, 0.3) is 16.5 Å². The molecule has 0 bridgehead atoms. The first-order valence-electron chi connectivity index (χ1n) is 13.5. The van der Waals surface area contributed by atoms with Gasteiger partial charge >= 0.3 is 0 Å². The van der Waals surface area contributed by atoms with Gasteiger partial charge < -0.3 is 27.3 Å². The van der Waals surface area contributed by atoms with Crippen molar-refractivity contribution in [1.29, 1.82) is 10.8 Å². The number of aromatic nitrogens is 1. The number of nitrogens with two attached hydrogens (primary N) is 2. The van der Waals surface area contributed by atoms with Gasteiger partial charge in [0, 0.05) is 45.8 Å².